The first-order valence-electron chi connectivity index (χ1n) is 4.00. The van der Waals surface area contributed by atoms with Crippen molar-refractivity contribution in [3.05, 3.63) is 25.3 Å². The van der Waals surface area contributed by atoms with Crippen molar-refractivity contribution in [2.24, 2.45) is 5.73 Å². The quantitative estimate of drug-likeness (QED) is 0.373. The molecule has 0 aliphatic carbocycles. The lowest BCUT2D eigenvalue weighted by Crippen LogP contribution is -2.25. The van der Waals surface area contributed by atoms with Gasteiger partial charge >= 0.3 is 11.9 Å². The number of esters is 2. The van der Waals surface area contributed by atoms with Crippen LogP contribution in [0.1, 0.15) is 6.42 Å². The van der Waals surface area contributed by atoms with Crippen LogP contribution >= 0.6 is 0 Å². The SMILES string of the molecule is C=CC(=O)OC(CCN)OC(=O)C=C. The molecule has 0 amide bonds. The van der Waals surface area contributed by atoms with Gasteiger partial charge in [0.05, 0.1) is 0 Å². The number of hydrogen-bond acceptors (Lipinski definition) is 5. The second kappa shape index (κ2) is 6.85. The summed E-state index contributed by atoms with van der Waals surface area (Å²) < 4.78 is 9.37. The minimum Gasteiger partial charge on any atom is -0.422 e. The summed E-state index contributed by atoms with van der Waals surface area (Å²) in [6, 6.07) is 0. The Hall–Kier alpha value is -1.62. The third-order valence-corrected chi connectivity index (χ3v) is 1.23. The highest BCUT2D eigenvalue weighted by Gasteiger charge is 2.14. The molecule has 5 nitrogen and oxygen atoms in total. The van der Waals surface area contributed by atoms with E-state index in [1.165, 1.54) is 0 Å². The second-order valence-electron chi connectivity index (χ2n) is 2.29. The van der Waals surface area contributed by atoms with Crippen molar-refractivity contribution in [2.45, 2.75) is 12.7 Å². The Morgan fingerprint density at radius 1 is 1.21 bits per heavy atom. The van der Waals surface area contributed by atoms with Gasteiger partial charge in [-0.05, 0) is 6.54 Å². The third-order valence-electron chi connectivity index (χ3n) is 1.23. The lowest BCUT2D eigenvalue weighted by atomic mass is 10.4. The number of nitrogens with two attached hydrogens (primary N) is 1. The van der Waals surface area contributed by atoms with Crippen LogP contribution in [0.5, 0.6) is 0 Å². The van der Waals surface area contributed by atoms with Gasteiger partial charge in [-0.1, -0.05) is 13.2 Å². The van der Waals surface area contributed by atoms with Crippen molar-refractivity contribution in [3.63, 3.8) is 0 Å². The molecule has 0 bridgehead atoms. The highest BCUT2D eigenvalue weighted by atomic mass is 16.7. The van der Waals surface area contributed by atoms with Gasteiger partial charge in [-0.2, -0.15) is 0 Å². The fourth-order valence-electron chi connectivity index (χ4n) is 0.633. The first-order chi connectivity index (χ1) is 6.63. The van der Waals surface area contributed by atoms with Crippen molar-refractivity contribution in [1.29, 1.82) is 0 Å². The fourth-order valence-corrected chi connectivity index (χ4v) is 0.633. The molecule has 0 saturated heterocycles. The molecule has 0 aliphatic heterocycles. The van der Waals surface area contributed by atoms with E-state index >= 15 is 0 Å². The fraction of sp³-hybridized carbons (Fsp3) is 0.333. The predicted octanol–water partition coefficient (Wildman–Crippen LogP) is 0.120. The smallest absolute Gasteiger partial charge is 0.333 e. The molecule has 0 aromatic carbocycles. The maximum absolute atomic E-state index is 10.8. The molecule has 0 unspecified atom stereocenters. The van der Waals surface area contributed by atoms with Crippen LogP contribution in [0.2, 0.25) is 0 Å². The summed E-state index contributed by atoms with van der Waals surface area (Å²) in [5.41, 5.74) is 5.23. The van der Waals surface area contributed by atoms with E-state index in [4.69, 9.17) is 5.73 Å². The lowest BCUT2D eigenvalue weighted by Gasteiger charge is -2.15. The van der Waals surface area contributed by atoms with Gasteiger partial charge in [0.15, 0.2) is 0 Å². The molecule has 0 spiro atoms. The van der Waals surface area contributed by atoms with E-state index in [0.717, 1.165) is 12.2 Å². The van der Waals surface area contributed by atoms with E-state index in [1.54, 1.807) is 0 Å². The molecule has 0 aliphatic rings. The first kappa shape index (κ1) is 12.4. The van der Waals surface area contributed by atoms with Gasteiger partial charge in [0.1, 0.15) is 0 Å². The zero-order valence-electron chi connectivity index (χ0n) is 7.77. The third kappa shape index (κ3) is 5.10. The number of ether oxygens (including phenoxy) is 2. The molecule has 0 radical (unpaired) electrons. The van der Waals surface area contributed by atoms with E-state index in [9.17, 15) is 9.59 Å². The predicted molar refractivity (Wildman–Crippen MR) is 50.0 cm³/mol. The van der Waals surface area contributed by atoms with Crippen LogP contribution in [0.25, 0.3) is 0 Å². The zero-order valence-corrected chi connectivity index (χ0v) is 7.77. The summed E-state index contributed by atoms with van der Waals surface area (Å²) in [5, 5.41) is 0. The van der Waals surface area contributed by atoms with Crippen LogP contribution in [-0.2, 0) is 19.1 Å². The second-order valence-corrected chi connectivity index (χ2v) is 2.29. The average Bonchev–Trinajstić information content (AvgIpc) is 2.17. The molecular formula is C9H13NO4. The molecule has 2 N–H and O–H groups in total. The van der Waals surface area contributed by atoms with Crippen molar-refractivity contribution in [1.82, 2.24) is 0 Å². The molecule has 0 heterocycles. The van der Waals surface area contributed by atoms with Crippen LogP contribution in [0.3, 0.4) is 0 Å². The Labute approximate surface area is 82.2 Å². The minimum atomic E-state index is -0.976. The molecule has 0 atom stereocenters. The Kier molecular flexibility index (Phi) is 6.06. The van der Waals surface area contributed by atoms with E-state index in [1.807, 2.05) is 0 Å². The summed E-state index contributed by atoms with van der Waals surface area (Å²) in [5.74, 6) is -1.33. The number of carbonyl (C=O) groups excluding carboxylic acids is 2. The Balaban J connectivity index is 4.13. The van der Waals surface area contributed by atoms with Gasteiger partial charge in [-0.15, -0.1) is 0 Å². The van der Waals surface area contributed by atoms with Crippen molar-refractivity contribution in [3.8, 4) is 0 Å². The van der Waals surface area contributed by atoms with E-state index in [2.05, 4.69) is 22.6 Å². The molecule has 0 aromatic heterocycles. The van der Waals surface area contributed by atoms with E-state index < -0.39 is 18.2 Å². The Morgan fingerprint density at radius 3 is 1.93 bits per heavy atom. The summed E-state index contributed by atoms with van der Waals surface area (Å²) in [4.78, 5) is 21.5. The maximum atomic E-state index is 10.8. The van der Waals surface area contributed by atoms with Crippen molar-refractivity contribution in [2.75, 3.05) is 6.54 Å². The zero-order chi connectivity index (χ0) is 11.0. The van der Waals surface area contributed by atoms with Crippen LogP contribution < -0.4 is 5.73 Å². The van der Waals surface area contributed by atoms with Crippen LogP contribution in [0, 0.1) is 0 Å². The molecule has 0 rings (SSSR count). The van der Waals surface area contributed by atoms with Gasteiger partial charge in [-0.25, -0.2) is 9.59 Å². The normalized spacial score (nSPS) is 9.29. The summed E-state index contributed by atoms with van der Waals surface area (Å²) in [6.07, 6.45) is 1.21. The van der Waals surface area contributed by atoms with Crippen LogP contribution in [0.15, 0.2) is 25.3 Å². The topological polar surface area (TPSA) is 78.6 Å². The Morgan fingerprint density at radius 2 is 1.64 bits per heavy atom. The molecule has 14 heavy (non-hydrogen) atoms. The summed E-state index contributed by atoms with van der Waals surface area (Å²) in [6.45, 7) is 6.65. The largest absolute Gasteiger partial charge is 0.422 e. The molecule has 78 valence electrons. The van der Waals surface area contributed by atoms with Gasteiger partial charge in [0, 0.05) is 18.6 Å². The van der Waals surface area contributed by atoms with Gasteiger partial charge < -0.3 is 15.2 Å². The standard InChI is InChI=1S/C9H13NO4/c1-3-7(11)13-9(5-6-10)14-8(12)4-2/h3-4,9H,1-2,5-6,10H2. The molecule has 0 fully saturated rings. The van der Waals surface area contributed by atoms with E-state index in [0.29, 0.717) is 0 Å². The highest BCUT2D eigenvalue weighted by molar-refractivity contribution is 5.82. The monoisotopic (exact) mass is 199 g/mol. The van der Waals surface area contributed by atoms with Crippen LogP contribution in [0.4, 0.5) is 0 Å². The summed E-state index contributed by atoms with van der Waals surface area (Å²) in [7, 11) is 0. The minimum absolute atomic E-state index is 0.235. The average molecular weight is 199 g/mol. The number of rotatable bonds is 6. The summed E-state index contributed by atoms with van der Waals surface area (Å²) >= 11 is 0. The van der Waals surface area contributed by atoms with Crippen molar-refractivity contribution < 1.29 is 19.1 Å². The van der Waals surface area contributed by atoms with E-state index in [-0.39, 0.29) is 13.0 Å². The highest BCUT2D eigenvalue weighted by Crippen LogP contribution is 2.01. The Bertz CT molecular complexity index is 215. The molecular weight excluding hydrogens is 186 g/mol. The molecule has 0 aromatic rings. The molecule has 0 saturated carbocycles. The van der Waals surface area contributed by atoms with Gasteiger partial charge in [0.25, 0.3) is 0 Å². The van der Waals surface area contributed by atoms with Gasteiger partial charge in [0.2, 0.25) is 6.29 Å². The number of carbonyl (C=O) groups is 2. The lowest BCUT2D eigenvalue weighted by molar-refractivity contribution is -0.181. The molecule has 5 heteroatoms. The number of hydrogen-bond donors (Lipinski definition) is 1. The maximum Gasteiger partial charge on any atom is 0.333 e. The van der Waals surface area contributed by atoms with Crippen LogP contribution in [-0.4, -0.2) is 24.8 Å². The van der Waals surface area contributed by atoms with Gasteiger partial charge in [-0.3, -0.25) is 0 Å². The van der Waals surface area contributed by atoms with Crippen molar-refractivity contribution >= 4 is 11.9 Å². The first-order valence-corrected chi connectivity index (χ1v) is 4.00.